The molecule has 26 heavy (non-hydrogen) atoms. The number of likely N-dealkylation sites (N-methyl/N-ethyl adjacent to an activating group) is 1. The average molecular weight is 385 g/mol. The number of para-hydroxylation sites is 1. The molecule has 0 aliphatic carbocycles. The quantitative estimate of drug-likeness (QED) is 0.620. The van der Waals surface area contributed by atoms with Gasteiger partial charge in [0, 0.05) is 14.8 Å². The molecule has 4 rings (SSSR count). The molecule has 132 valence electrons. The van der Waals surface area contributed by atoms with Crippen LogP contribution in [0, 0.1) is 0 Å². The Balaban J connectivity index is 1.64. The van der Waals surface area contributed by atoms with Crippen LogP contribution >= 0.6 is 23.4 Å². The highest BCUT2D eigenvalue weighted by Gasteiger charge is 2.28. The summed E-state index contributed by atoms with van der Waals surface area (Å²) < 4.78 is 5.37. The van der Waals surface area contributed by atoms with Gasteiger partial charge in [0.2, 0.25) is 5.91 Å². The second kappa shape index (κ2) is 7.19. The lowest BCUT2D eigenvalue weighted by molar-refractivity contribution is -0.118. The fraction of sp³-hybridized carbons (Fsp3) is 0.150. The molecule has 0 saturated carbocycles. The Morgan fingerprint density at radius 1 is 1.12 bits per heavy atom. The van der Waals surface area contributed by atoms with E-state index in [1.165, 1.54) is 0 Å². The van der Waals surface area contributed by atoms with E-state index in [9.17, 15) is 4.79 Å². The molecule has 0 spiro atoms. The van der Waals surface area contributed by atoms with Crippen molar-refractivity contribution >= 4 is 40.6 Å². The molecule has 2 aromatic carbocycles. The minimum atomic E-state index is -0.00433. The van der Waals surface area contributed by atoms with Crippen LogP contribution in [0.25, 0.3) is 0 Å². The number of furan rings is 1. The highest BCUT2D eigenvalue weighted by Crippen LogP contribution is 2.48. The van der Waals surface area contributed by atoms with Gasteiger partial charge in [-0.25, -0.2) is 0 Å². The van der Waals surface area contributed by atoms with E-state index in [-0.39, 0.29) is 12.5 Å². The van der Waals surface area contributed by atoms with Gasteiger partial charge in [-0.15, -0.1) is 0 Å². The molecule has 4 nitrogen and oxygen atoms in total. The number of carbonyl (C=O) groups excluding carboxylic acids is 1. The van der Waals surface area contributed by atoms with Crippen molar-refractivity contribution in [3.8, 4) is 0 Å². The molecule has 6 heteroatoms. The summed E-state index contributed by atoms with van der Waals surface area (Å²) in [7, 11) is 1.91. The number of anilines is 2. The number of benzene rings is 2. The highest BCUT2D eigenvalue weighted by molar-refractivity contribution is 7.99. The molecule has 1 aliphatic heterocycles. The number of amides is 1. The lowest BCUT2D eigenvalue weighted by Crippen LogP contribution is -2.37. The van der Waals surface area contributed by atoms with Gasteiger partial charge < -0.3 is 4.42 Å². The first-order valence-electron chi connectivity index (χ1n) is 8.22. The summed E-state index contributed by atoms with van der Waals surface area (Å²) in [6.45, 7) is 0.844. The van der Waals surface area contributed by atoms with Crippen LogP contribution in [0.4, 0.5) is 11.4 Å². The van der Waals surface area contributed by atoms with E-state index in [4.69, 9.17) is 16.0 Å². The first-order valence-corrected chi connectivity index (χ1v) is 9.41. The maximum absolute atomic E-state index is 13.2. The van der Waals surface area contributed by atoms with E-state index in [0.717, 1.165) is 26.9 Å². The van der Waals surface area contributed by atoms with Crippen LogP contribution in [0.15, 0.2) is 75.1 Å². The molecule has 0 unspecified atom stereocenters. The van der Waals surface area contributed by atoms with Crippen molar-refractivity contribution in [2.75, 3.05) is 18.5 Å². The second-order valence-corrected chi connectivity index (χ2v) is 7.68. The van der Waals surface area contributed by atoms with E-state index < -0.39 is 0 Å². The molecule has 1 aromatic heterocycles. The maximum Gasteiger partial charge on any atom is 0.245 e. The second-order valence-electron chi connectivity index (χ2n) is 6.16. The predicted octanol–water partition coefficient (Wildman–Crippen LogP) is 5.19. The Hall–Kier alpha value is -2.21. The van der Waals surface area contributed by atoms with Gasteiger partial charge in [-0.3, -0.25) is 14.6 Å². The zero-order valence-corrected chi connectivity index (χ0v) is 15.8. The molecule has 0 radical (unpaired) electrons. The molecule has 3 aromatic rings. The van der Waals surface area contributed by atoms with Gasteiger partial charge >= 0.3 is 0 Å². The average Bonchev–Trinajstić information content (AvgIpc) is 3.12. The summed E-state index contributed by atoms with van der Waals surface area (Å²) in [4.78, 5) is 19.0. The number of rotatable bonds is 4. The summed E-state index contributed by atoms with van der Waals surface area (Å²) in [5.41, 5.74) is 1.72. The van der Waals surface area contributed by atoms with E-state index in [1.54, 1.807) is 22.9 Å². The van der Waals surface area contributed by atoms with Crippen molar-refractivity contribution in [3.05, 3.63) is 71.6 Å². The lowest BCUT2D eigenvalue weighted by Gasteiger charge is -2.32. The summed E-state index contributed by atoms with van der Waals surface area (Å²) >= 11 is 7.86. The van der Waals surface area contributed by atoms with Crippen LogP contribution in [-0.4, -0.2) is 24.4 Å². The van der Waals surface area contributed by atoms with Gasteiger partial charge in [-0.1, -0.05) is 35.5 Å². The van der Waals surface area contributed by atoms with Crippen LogP contribution in [0.1, 0.15) is 5.76 Å². The Bertz CT molecular complexity index is 943. The molecule has 0 N–H and O–H groups in total. The van der Waals surface area contributed by atoms with Crippen molar-refractivity contribution < 1.29 is 9.21 Å². The normalized spacial score (nSPS) is 12.8. The molecule has 0 atom stereocenters. The van der Waals surface area contributed by atoms with Crippen molar-refractivity contribution in [3.63, 3.8) is 0 Å². The van der Waals surface area contributed by atoms with Gasteiger partial charge in [0.25, 0.3) is 0 Å². The minimum Gasteiger partial charge on any atom is -0.468 e. The summed E-state index contributed by atoms with van der Waals surface area (Å²) in [5, 5.41) is 0.616. The highest BCUT2D eigenvalue weighted by atomic mass is 35.5. The Labute approximate surface area is 161 Å². The number of fused-ring (bicyclic) bond motifs is 2. The van der Waals surface area contributed by atoms with E-state index in [2.05, 4.69) is 0 Å². The van der Waals surface area contributed by atoms with E-state index in [0.29, 0.717) is 11.6 Å². The number of carbonyl (C=O) groups is 1. The van der Waals surface area contributed by atoms with Crippen molar-refractivity contribution in [2.45, 2.75) is 16.3 Å². The van der Waals surface area contributed by atoms with Crippen LogP contribution < -0.4 is 4.90 Å². The summed E-state index contributed by atoms with van der Waals surface area (Å²) in [5.74, 6) is 0.827. The first-order chi connectivity index (χ1) is 12.6. The largest absolute Gasteiger partial charge is 0.468 e. The van der Waals surface area contributed by atoms with Crippen LogP contribution in [0.2, 0.25) is 5.02 Å². The Kier molecular flexibility index (Phi) is 4.76. The van der Waals surface area contributed by atoms with Gasteiger partial charge in [-0.2, -0.15) is 0 Å². The molecule has 0 fully saturated rings. The zero-order valence-electron chi connectivity index (χ0n) is 14.2. The third-order valence-electron chi connectivity index (χ3n) is 4.15. The number of nitrogens with zero attached hydrogens (tertiary/aromatic N) is 2. The van der Waals surface area contributed by atoms with Crippen LogP contribution in [0.5, 0.6) is 0 Å². The van der Waals surface area contributed by atoms with Gasteiger partial charge in [0.15, 0.2) is 0 Å². The standard InChI is InChI=1S/C20H17ClN2O2S/c1-22(12-15-5-4-10-25-15)13-20(24)23-16-6-2-3-7-18(16)26-19-9-8-14(21)11-17(19)23/h2-11H,12-13H2,1H3. The topological polar surface area (TPSA) is 36.7 Å². The molecule has 2 heterocycles. The smallest absolute Gasteiger partial charge is 0.245 e. The third-order valence-corrected chi connectivity index (χ3v) is 5.51. The molecule has 1 amide bonds. The fourth-order valence-corrected chi connectivity index (χ4v) is 4.23. The van der Waals surface area contributed by atoms with Crippen LogP contribution in [-0.2, 0) is 11.3 Å². The molecule has 0 saturated heterocycles. The molecule has 0 bridgehead atoms. The van der Waals surface area contributed by atoms with E-state index >= 15 is 0 Å². The predicted molar refractivity (Wildman–Crippen MR) is 104 cm³/mol. The fourth-order valence-electron chi connectivity index (χ4n) is 3.02. The summed E-state index contributed by atoms with van der Waals surface area (Å²) in [6.07, 6.45) is 1.64. The van der Waals surface area contributed by atoms with Crippen molar-refractivity contribution in [2.24, 2.45) is 0 Å². The molecular formula is C20H17ClN2O2S. The van der Waals surface area contributed by atoms with Gasteiger partial charge in [0.1, 0.15) is 5.76 Å². The number of hydrogen-bond acceptors (Lipinski definition) is 4. The first kappa shape index (κ1) is 17.2. The van der Waals surface area contributed by atoms with Gasteiger partial charge in [-0.05, 0) is 49.5 Å². The molecule has 1 aliphatic rings. The van der Waals surface area contributed by atoms with Crippen molar-refractivity contribution in [1.29, 1.82) is 0 Å². The maximum atomic E-state index is 13.2. The lowest BCUT2D eigenvalue weighted by atomic mass is 10.2. The van der Waals surface area contributed by atoms with E-state index in [1.807, 2.05) is 66.5 Å². The monoisotopic (exact) mass is 384 g/mol. The zero-order chi connectivity index (χ0) is 18.1. The number of halogens is 1. The number of hydrogen-bond donors (Lipinski definition) is 0. The third kappa shape index (κ3) is 3.38. The minimum absolute atomic E-state index is 0.00433. The summed E-state index contributed by atoms with van der Waals surface area (Å²) in [6, 6.07) is 17.4. The van der Waals surface area contributed by atoms with Gasteiger partial charge in [0.05, 0.1) is 30.7 Å². The Morgan fingerprint density at radius 2 is 1.92 bits per heavy atom. The Morgan fingerprint density at radius 3 is 2.73 bits per heavy atom. The van der Waals surface area contributed by atoms with Crippen molar-refractivity contribution in [1.82, 2.24) is 4.90 Å². The molecular weight excluding hydrogens is 368 g/mol. The SMILES string of the molecule is CN(CC(=O)N1c2ccccc2Sc2ccc(Cl)cc21)Cc1ccco1. The van der Waals surface area contributed by atoms with Crippen LogP contribution in [0.3, 0.4) is 0 Å².